The van der Waals surface area contributed by atoms with Crippen LogP contribution in [0.15, 0.2) is 71.3 Å². The maximum Gasteiger partial charge on any atom is 0.387 e. The molecule has 4 rings (SSSR count). The molecule has 3 aromatic carbocycles. The minimum absolute atomic E-state index is 0.0462. The maximum absolute atomic E-state index is 12.3. The Balaban J connectivity index is 1.42. The van der Waals surface area contributed by atoms with Crippen LogP contribution in [-0.4, -0.2) is 25.0 Å². The molecule has 0 aliphatic carbocycles. The smallest absolute Gasteiger partial charge is 0.387 e. The summed E-state index contributed by atoms with van der Waals surface area (Å²) in [5, 5.41) is 2.83. The van der Waals surface area contributed by atoms with E-state index in [0.29, 0.717) is 11.1 Å². The van der Waals surface area contributed by atoms with Crippen molar-refractivity contribution in [2.24, 2.45) is 0 Å². The molecule has 0 fully saturated rings. The lowest BCUT2D eigenvalue weighted by Crippen LogP contribution is -2.15. The monoisotopic (exact) mass is 410 g/mol. The Labute approximate surface area is 169 Å². The Morgan fingerprint density at radius 1 is 0.967 bits per heavy atom. The molecule has 0 amide bonds. The van der Waals surface area contributed by atoms with Crippen molar-refractivity contribution in [1.29, 1.82) is 0 Å². The van der Waals surface area contributed by atoms with Crippen LogP contribution in [-0.2, 0) is 16.0 Å². The highest BCUT2D eigenvalue weighted by molar-refractivity contribution is 6.08. The van der Waals surface area contributed by atoms with Gasteiger partial charge in [0.05, 0.1) is 12.7 Å². The first kappa shape index (κ1) is 19.6. The predicted octanol–water partition coefficient (Wildman–Crippen LogP) is 5.16. The van der Waals surface area contributed by atoms with Crippen molar-refractivity contribution in [3.05, 3.63) is 78.1 Å². The molecule has 1 aromatic heterocycles. The number of fused-ring (bicyclic) bond motifs is 3. The fourth-order valence-corrected chi connectivity index (χ4v) is 3.26. The van der Waals surface area contributed by atoms with Gasteiger partial charge >= 0.3 is 12.6 Å². The van der Waals surface area contributed by atoms with E-state index in [1.54, 1.807) is 0 Å². The van der Waals surface area contributed by atoms with Gasteiger partial charge in [0, 0.05) is 16.5 Å². The van der Waals surface area contributed by atoms with E-state index < -0.39 is 25.0 Å². The number of alkyl halides is 2. The van der Waals surface area contributed by atoms with Crippen molar-refractivity contribution in [2.75, 3.05) is 6.61 Å². The Kier molecular flexibility index (Phi) is 5.43. The second-order valence-corrected chi connectivity index (χ2v) is 6.58. The van der Waals surface area contributed by atoms with Crippen LogP contribution in [0.25, 0.3) is 21.7 Å². The number of ether oxygens (including phenoxy) is 2. The summed E-state index contributed by atoms with van der Waals surface area (Å²) in [6.45, 7) is -3.40. The minimum atomic E-state index is -2.94. The molecule has 0 N–H and O–H groups in total. The number of halogens is 2. The zero-order valence-electron chi connectivity index (χ0n) is 15.6. The average molecular weight is 410 g/mol. The zero-order chi connectivity index (χ0) is 21.1. The standard InChI is InChI=1S/C23H16F2O5/c24-23(25)30-17-8-5-15(6-9-17)19(26)13-29-21(27)11-16-12-28-20-10-7-14-3-1-2-4-18(14)22(16)20/h1-10,12,23H,11,13H2. The molecule has 152 valence electrons. The number of rotatable bonds is 7. The molecule has 0 saturated carbocycles. The predicted molar refractivity (Wildman–Crippen MR) is 106 cm³/mol. The fraction of sp³-hybridized carbons (Fsp3) is 0.130. The topological polar surface area (TPSA) is 65.7 Å². The molecular weight excluding hydrogens is 394 g/mol. The highest BCUT2D eigenvalue weighted by Gasteiger charge is 2.16. The van der Waals surface area contributed by atoms with Crippen molar-refractivity contribution in [3.63, 3.8) is 0 Å². The first-order valence-corrected chi connectivity index (χ1v) is 9.13. The lowest BCUT2D eigenvalue weighted by molar-refractivity contribution is -0.141. The summed E-state index contributed by atoms with van der Waals surface area (Å²) in [5.41, 5.74) is 1.57. The van der Waals surface area contributed by atoms with Gasteiger partial charge in [0.1, 0.15) is 11.3 Å². The molecule has 0 saturated heterocycles. The summed E-state index contributed by atoms with van der Waals surface area (Å²) in [7, 11) is 0. The van der Waals surface area contributed by atoms with E-state index >= 15 is 0 Å². The summed E-state index contributed by atoms with van der Waals surface area (Å²) >= 11 is 0. The van der Waals surface area contributed by atoms with Gasteiger partial charge in [-0.25, -0.2) is 0 Å². The molecule has 0 spiro atoms. The first-order valence-electron chi connectivity index (χ1n) is 9.13. The number of furan rings is 1. The van der Waals surface area contributed by atoms with Crippen LogP contribution in [0.5, 0.6) is 5.75 Å². The van der Waals surface area contributed by atoms with Crippen LogP contribution in [0.1, 0.15) is 15.9 Å². The van der Waals surface area contributed by atoms with E-state index in [9.17, 15) is 18.4 Å². The average Bonchev–Trinajstić information content (AvgIpc) is 3.15. The Morgan fingerprint density at radius 2 is 1.73 bits per heavy atom. The van der Waals surface area contributed by atoms with Crippen LogP contribution < -0.4 is 4.74 Å². The molecular formula is C23H16F2O5. The quantitative estimate of drug-likeness (QED) is 0.311. The maximum atomic E-state index is 12.3. The van der Waals surface area contributed by atoms with E-state index in [4.69, 9.17) is 9.15 Å². The first-order chi connectivity index (χ1) is 14.5. The molecule has 4 aromatic rings. The molecule has 0 aliphatic rings. The van der Waals surface area contributed by atoms with Gasteiger partial charge in [0.15, 0.2) is 12.4 Å². The second-order valence-electron chi connectivity index (χ2n) is 6.58. The lowest BCUT2D eigenvalue weighted by Gasteiger charge is -2.06. The molecule has 0 bridgehead atoms. The molecule has 0 aliphatic heterocycles. The van der Waals surface area contributed by atoms with E-state index in [2.05, 4.69) is 4.74 Å². The third-order valence-electron chi connectivity index (χ3n) is 4.64. The zero-order valence-corrected chi connectivity index (χ0v) is 15.6. The van der Waals surface area contributed by atoms with E-state index in [1.807, 2.05) is 36.4 Å². The number of carbonyl (C=O) groups excluding carboxylic acids is 2. The third-order valence-corrected chi connectivity index (χ3v) is 4.64. The van der Waals surface area contributed by atoms with Gasteiger partial charge in [-0.3, -0.25) is 9.59 Å². The normalized spacial score (nSPS) is 11.2. The van der Waals surface area contributed by atoms with Gasteiger partial charge in [0.2, 0.25) is 0 Å². The Hall–Kier alpha value is -3.74. The number of hydrogen-bond donors (Lipinski definition) is 0. The third kappa shape index (κ3) is 4.15. The molecule has 0 radical (unpaired) electrons. The molecule has 5 nitrogen and oxygen atoms in total. The summed E-state index contributed by atoms with van der Waals surface area (Å²) < 4.78 is 39.2. The summed E-state index contributed by atoms with van der Waals surface area (Å²) in [6, 6.07) is 16.7. The summed E-state index contributed by atoms with van der Waals surface area (Å²) in [4.78, 5) is 24.5. The molecule has 7 heteroatoms. The molecule has 30 heavy (non-hydrogen) atoms. The van der Waals surface area contributed by atoms with Gasteiger partial charge < -0.3 is 13.9 Å². The second kappa shape index (κ2) is 8.32. The SMILES string of the molecule is O=C(Cc1coc2ccc3ccccc3c12)OCC(=O)c1ccc(OC(F)F)cc1. The number of benzene rings is 3. The van der Waals surface area contributed by atoms with Crippen molar-refractivity contribution < 1.29 is 32.3 Å². The van der Waals surface area contributed by atoms with Crippen LogP contribution in [0.2, 0.25) is 0 Å². The van der Waals surface area contributed by atoms with E-state index in [0.717, 1.165) is 16.2 Å². The van der Waals surface area contributed by atoms with Crippen molar-refractivity contribution in [3.8, 4) is 5.75 Å². The highest BCUT2D eigenvalue weighted by Crippen LogP contribution is 2.30. The van der Waals surface area contributed by atoms with Crippen LogP contribution in [0.4, 0.5) is 8.78 Å². The summed E-state index contributed by atoms with van der Waals surface area (Å²) in [6.07, 6.45) is 1.47. The Morgan fingerprint density at radius 3 is 2.50 bits per heavy atom. The van der Waals surface area contributed by atoms with Crippen LogP contribution in [0, 0.1) is 0 Å². The van der Waals surface area contributed by atoms with Crippen molar-refractivity contribution >= 4 is 33.5 Å². The van der Waals surface area contributed by atoms with Gasteiger partial charge in [-0.05, 0) is 41.1 Å². The summed E-state index contributed by atoms with van der Waals surface area (Å²) in [5.74, 6) is -1.08. The van der Waals surface area contributed by atoms with Gasteiger partial charge in [-0.2, -0.15) is 8.78 Å². The Bertz CT molecular complexity index is 1210. The fourth-order valence-electron chi connectivity index (χ4n) is 3.26. The number of ketones is 1. The van der Waals surface area contributed by atoms with Crippen LogP contribution >= 0.6 is 0 Å². The van der Waals surface area contributed by atoms with Crippen molar-refractivity contribution in [1.82, 2.24) is 0 Å². The van der Waals surface area contributed by atoms with Gasteiger partial charge in [-0.15, -0.1) is 0 Å². The van der Waals surface area contributed by atoms with Crippen molar-refractivity contribution in [2.45, 2.75) is 13.0 Å². The van der Waals surface area contributed by atoms with Crippen LogP contribution in [0.3, 0.4) is 0 Å². The highest BCUT2D eigenvalue weighted by atomic mass is 19.3. The lowest BCUT2D eigenvalue weighted by atomic mass is 10.0. The number of esters is 1. The largest absolute Gasteiger partial charge is 0.464 e. The molecule has 1 heterocycles. The molecule has 0 atom stereocenters. The number of Topliss-reactive ketones (excluding diaryl/α,β-unsaturated/α-hetero) is 1. The minimum Gasteiger partial charge on any atom is -0.464 e. The van der Waals surface area contributed by atoms with E-state index in [1.165, 1.54) is 30.5 Å². The number of hydrogen-bond acceptors (Lipinski definition) is 5. The number of carbonyl (C=O) groups is 2. The van der Waals surface area contributed by atoms with Gasteiger partial charge in [0.25, 0.3) is 0 Å². The van der Waals surface area contributed by atoms with E-state index in [-0.39, 0.29) is 17.7 Å². The molecule has 0 unspecified atom stereocenters. The van der Waals surface area contributed by atoms with Gasteiger partial charge in [-0.1, -0.05) is 30.3 Å².